The summed E-state index contributed by atoms with van der Waals surface area (Å²) in [5.74, 6) is 1.70. The van der Waals surface area contributed by atoms with E-state index >= 15 is 0 Å². The first-order valence-electron chi connectivity index (χ1n) is 17.6. The summed E-state index contributed by atoms with van der Waals surface area (Å²) in [4.78, 5) is 0. The average molecular weight is 763 g/mol. The van der Waals surface area contributed by atoms with Crippen molar-refractivity contribution in [3.05, 3.63) is 0 Å². The molecular weight excluding hydrogens is 689 g/mol. The third kappa shape index (κ3) is 16.8. The first-order valence-corrected chi connectivity index (χ1v) is 25.4. The molecule has 0 radical (unpaired) electrons. The molecule has 290 valence electrons. The molecule has 16 heteroatoms. The molecule has 0 atom stereocenters. The lowest BCUT2D eigenvalue weighted by Crippen LogP contribution is -2.43. The largest absolute Gasteiger partial charge is 0.500 e. The summed E-state index contributed by atoms with van der Waals surface area (Å²) in [6, 6.07) is 3.20. The quantitative estimate of drug-likeness (QED) is 0.0627. The van der Waals surface area contributed by atoms with Gasteiger partial charge in [0, 0.05) is 109 Å². The van der Waals surface area contributed by atoms with E-state index in [1.165, 1.54) is 19.3 Å². The predicted molar refractivity (Wildman–Crippen MR) is 198 cm³/mol. The smallest absolute Gasteiger partial charge is 0.377 e. The minimum absolute atomic E-state index is 0.544. The summed E-state index contributed by atoms with van der Waals surface area (Å²) >= 11 is 0. The summed E-state index contributed by atoms with van der Waals surface area (Å²) < 4.78 is 68.8. The third-order valence-electron chi connectivity index (χ3n) is 10.1. The van der Waals surface area contributed by atoms with Gasteiger partial charge in [-0.05, 0) is 56.3 Å². The van der Waals surface area contributed by atoms with Gasteiger partial charge < -0.3 is 53.1 Å². The van der Waals surface area contributed by atoms with Gasteiger partial charge in [0.1, 0.15) is 0 Å². The highest BCUT2D eigenvalue weighted by Gasteiger charge is 2.40. The zero-order chi connectivity index (χ0) is 36.5. The molecule has 0 aromatic heterocycles. The topological polar surface area (TPSA) is 111 Å². The summed E-state index contributed by atoms with van der Waals surface area (Å²) in [6.07, 6.45) is 13.0. The standard InChI is InChI=1S/C32H74O12Si4/c1-14-19-32(28-30(20-15-24-45(33-2,34-3)35-4)21-16-25-46(36-5,37-6)38-7)29-31(22-17-26-47(39-8,40-9)41-10)23-18-27-48(42-11,43-12)44-13/h30-32H,14-29H2,1-13H3. The van der Waals surface area contributed by atoms with Crippen LogP contribution in [0.2, 0.25) is 24.2 Å². The van der Waals surface area contributed by atoms with Crippen molar-refractivity contribution >= 4 is 35.2 Å². The average Bonchev–Trinajstić information content (AvgIpc) is 3.13. The van der Waals surface area contributed by atoms with Crippen LogP contribution in [0.3, 0.4) is 0 Å². The lowest BCUT2D eigenvalue weighted by atomic mass is 9.79. The lowest BCUT2D eigenvalue weighted by Gasteiger charge is -2.30. The fourth-order valence-electron chi connectivity index (χ4n) is 7.10. The molecule has 0 bridgehead atoms. The highest BCUT2D eigenvalue weighted by Crippen LogP contribution is 2.36. The first-order chi connectivity index (χ1) is 23.0. The molecule has 0 aliphatic heterocycles. The molecule has 0 aliphatic rings. The molecule has 0 rings (SSSR count). The molecule has 0 spiro atoms. The van der Waals surface area contributed by atoms with E-state index in [0.717, 1.165) is 82.0 Å². The minimum Gasteiger partial charge on any atom is -0.377 e. The summed E-state index contributed by atoms with van der Waals surface area (Å²) in [5, 5.41) is 0. The van der Waals surface area contributed by atoms with Gasteiger partial charge in [-0.1, -0.05) is 45.4 Å². The molecule has 0 aromatic rings. The van der Waals surface area contributed by atoms with Crippen molar-refractivity contribution in [3.8, 4) is 0 Å². The monoisotopic (exact) mass is 762 g/mol. The van der Waals surface area contributed by atoms with Gasteiger partial charge in [0.25, 0.3) is 0 Å². The molecule has 0 saturated heterocycles. The van der Waals surface area contributed by atoms with Gasteiger partial charge in [0.15, 0.2) is 0 Å². The highest BCUT2D eigenvalue weighted by atomic mass is 28.4. The van der Waals surface area contributed by atoms with Gasteiger partial charge in [-0.3, -0.25) is 0 Å². The molecule has 0 N–H and O–H groups in total. The Morgan fingerprint density at radius 2 is 0.521 bits per heavy atom. The van der Waals surface area contributed by atoms with Gasteiger partial charge >= 0.3 is 35.2 Å². The number of rotatable bonds is 34. The molecule has 0 aromatic carbocycles. The second-order valence-corrected chi connectivity index (χ2v) is 25.0. The van der Waals surface area contributed by atoms with E-state index in [-0.39, 0.29) is 0 Å². The molecule has 12 nitrogen and oxygen atoms in total. The van der Waals surface area contributed by atoms with Crippen molar-refractivity contribution in [2.75, 3.05) is 85.3 Å². The Kier molecular flexibility index (Phi) is 27.3. The van der Waals surface area contributed by atoms with E-state index in [1.807, 2.05) is 0 Å². The fourth-order valence-corrected chi connectivity index (χ4v) is 14.1. The van der Waals surface area contributed by atoms with Crippen LogP contribution in [0, 0.1) is 17.8 Å². The third-order valence-corrected chi connectivity index (χ3v) is 21.5. The Bertz CT molecular complexity index is 614. The lowest BCUT2D eigenvalue weighted by molar-refractivity contribution is 0.120. The maximum atomic E-state index is 5.73. The number of hydrogen-bond donors (Lipinski definition) is 0. The van der Waals surface area contributed by atoms with Crippen LogP contribution in [0.1, 0.15) is 84.0 Å². The van der Waals surface area contributed by atoms with Crippen LogP contribution in [0.4, 0.5) is 0 Å². The van der Waals surface area contributed by atoms with Gasteiger partial charge in [0.05, 0.1) is 0 Å². The molecule has 0 fully saturated rings. The van der Waals surface area contributed by atoms with Crippen LogP contribution in [0.15, 0.2) is 0 Å². The Hall–Kier alpha value is 0.388. The van der Waals surface area contributed by atoms with Crippen LogP contribution >= 0.6 is 0 Å². The van der Waals surface area contributed by atoms with Gasteiger partial charge in [0.2, 0.25) is 0 Å². The van der Waals surface area contributed by atoms with Crippen molar-refractivity contribution in [2.24, 2.45) is 17.8 Å². The second kappa shape index (κ2) is 27.1. The molecule has 0 amide bonds. The highest BCUT2D eigenvalue weighted by molar-refractivity contribution is 6.61. The van der Waals surface area contributed by atoms with Crippen LogP contribution in [0.25, 0.3) is 0 Å². The van der Waals surface area contributed by atoms with E-state index in [4.69, 9.17) is 53.1 Å². The normalized spacial score (nSPS) is 13.5. The second-order valence-electron chi connectivity index (χ2n) is 12.6. The van der Waals surface area contributed by atoms with Gasteiger partial charge in [-0.25, -0.2) is 0 Å². The Morgan fingerprint density at radius 1 is 0.312 bits per heavy atom. The Balaban J connectivity index is 5.98. The molecule has 0 aliphatic carbocycles. The number of hydrogen-bond acceptors (Lipinski definition) is 12. The first kappa shape index (κ1) is 48.4. The van der Waals surface area contributed by atoms with E-state index in [2.05, 4.69) is 6.92 Å². The predicted octanol–water partition coefficient (Wildman–Crippen LogP) is 7.05. The zero-order valence-electron chi connectivity index (χ0n) is 32.9. The molecule has 0 unspecified atom stereocenters. The zero-order valence-corrected chi connectivity index (χ0v) is 36.9. The van der Waals surface area contributed by atoms with E-state index in [0.29, 0.717) is 17.8 Å². The minimum atomic E-state index is -2.63. The van der Waals surface area contributed by atoms with Crippen LogP contribution in [-0.2, 0) is 53.1 Å². The Morgan fingerprint density at radius 3 is 0.688 bits per heavy atom. The SMILES string of the molecule is CCCC(CC(CCC[Si](OC)(OC)OC)CCC[Si](OC)(OC)OC)CC(CCC[Si](OC)(OC)OC)CCC[Si](OC)(OC)OC. The van der Waals surface area contributed by atoms with Crippen molar-refractivity contribution in [2.45, 2.75) is 108 Å². The van der Waals surface area contributed by atoms with Crippen molar-refractivity contribution < 1.29 is 53.1 Å². The molecule has 48 heavy (non-hydrogen) atoms. The van der Waals surface area contributed by atoms with Crippen LogP contribution in [-0.4, -0.2) is 121 Å². The van der Waals surface area contributed by atoms with Gasteiger partial charge in [-0.15, -0.1) is 0 Å². The summed E-state index contributed by atoms with van der Waals surface area (Å²) in [5.41, 5.74) is 0. The summed E-state index contributed by atoms with van der Waals surface area (Å²) in [7, 11) is 9.75. The van der Waals surface area contributed by atoms with Crippen molar-refractivity contribution in [1.29, 1.82) is 0 Å². The molecule has 0 heterocycles. The fraction of sp³-hybridized carbons (Fsp3) is 1.00. The molecular formula is C32H74O12Si4. The maximum absolute atomic E-state index is 5.73. The molecule has 0 saturated carbocycles. The van der Waals surface area contributed by atoms with E-state index < -0.39 is 35.2 Å². The summed E-state index contributed by atoms with van der Waals surface area (Å²) in [6.45, 7) is 2.30. The van der Waals surface area contributed by atoms with Crippen LogP contribution in [0.5, 0.6) is 0 Å². The van der Waals surface area contributed by atoms with Crippen molar-refractivity contribution in [3.63, 3.8) is 0 Å². The van der Waals surface area contributed by atoms with Crippen molar-refractivity contribution in [1.82, 2.24) is 0 Å². The maximum Gasteiger partial charge on any atom is 0.500 e. The van der Waals surface area contributed by atoms with E-state index in [1.54, 1.807) is 85.3 Å². The van der Waals surface area contributed by atoms with Crippen LogP contribution < -0.4 is 0 Å². The van der Waals surface area contributed by atoms with E-state index in [9.17, 15) is 0 Å². The Labute approximate surface area is 298 Å². The van der Waals surface area contributed by atoms with Gasteiger partial charge in [-0.2, -0.15) is 0 Å².